The molecule has 0 aliphatic carbocycles. The highest BCUT2D eigenvalue weighted by molar-refractivity contribution is 6.37. The van der Waals surface area contributed by atoms with E-state index in [4.69, 9.17) is 23.2 Å². The summed E-state index contributed by atoms with van der Waals surface area (Å²) < 4.78 is 4.44. The number of benzene rings is 1. The van der Waals surface area contributed by atoms with Crippen LogP contribution < -0.4 is 0 Å². The molecule has 0 atom stereocenters. The van der Waals surface area contributed by atoms with Gasteiger partial charge in [0.05, 0.1) is 7.11 Å². The molecule has 0 aromatic heterocycles. The molecule has 0 bridgehead atoms. The standard InChI is InChI=1S/C10H8Cl2O2/c1-14-10(13)6-5-7-8(11)3-2-4-9(7)12/h2-6H,1H3/b6-5-. The average molecular weight is 231 g/mol. The number of carbonyl (C=O) groups excluding carboxylic acids is 1. The van der Waals surface area contributed by atoms with Crippen LogP contribution in [0.1, 0.15) is 5.56 Å². The minimum Gasteiger partial charge on any atom is -0.466 e. The van der Waals surface area contributed by atoms with Crippen LogP contribution in [0.2, 0.25) is 10.0 Å². The van der Waals surface area contributed by atoms with Gasteiger partial charge in [-0.1, -0.05) is 29.3 Å². The van der Waals surface area contributed by atoms with Gasteiger partial charge in [0.15, 0.2) is 0 Å². The molecule has 0 fully saturated rings. The molecule has 0 spiro atoms. The maximum Gasteiger partial charge on any atom is 0.330 e. The van der Waals surface area contributed by atoms with Crippen LogP contribution >= 0.6 is 23.2 Å². The van der Waals surface area contributed by atoms with Crippen molar-refractivity contribution in [2.24, 2.45) is 0 Å². The molecule has 74 valence electrons. The molecule has 0 heterocycles. The van der Waals surface area contributed by atoms with E-state index in [0.717, 1.165) is 0 Å². The minimum atomic E-state index is -0.444. The topological polar surface area (TPSA) is 26.3 Å². The summed E-state index contributed by atoms with van der Waals surface area (Å²) in [5.74, 6) is -0.444. The Morgan fingerprint density at radius 1 is 1.36 bits per heavy atom. The van der Waals surface area contributed by atoms with Gasteiger partial charge in [0.25, 0.3) is 0 Å². The van der Waals surface area contributed by atoms with Gasteiger partial charge < -0.3 is 4.74 Å². The van der Waals surface area contributed by atoms with Crippen molar-refractivity contribution in [1.29, 1.82) is 0 Å². The summed E-state index contributed by atoms with van der Waals surface area (Å²) >= 11 is 11.7. The van der Waals surface area contributed by atoms with E-state index in [2.05, 4.69) is 4.74 Å². The van der Waals surface area contributed by atoms with Gasteiger partial charge in [-0.05, 0) is 18.2 Å². The Labute approximate surface area is 92.1 Å². The fraction of sp³-hybridized carbons (Fsp3) is 0.100. The molecule has 0 amide bonds. The van der Waals surface area contributed by atoms with E-state index in [1.165, 1.54) is 19.3 Å². The highest BCUT2D eigenvalue weighted by Gasteiger charge is 2.01. The molecule has 4 heteroatoms. The van der Waals surface area contributed by atoms with Crippen molar-refractivity contribution in [3.63, 3.8) is 0 Å². The molecule has 0 aliphatic heterocycles. The third-order valence-electron chi connectivity index (χ3n) is 1.59. The Kier molecular flexibility index (Phi) is 3.98. The lowest BCUT2D eigenvalue weighted by Gasteiger charge is -1.99. The van der Waals surface area contributed by atoms with Gasteiger partial charge in [0.1, 0.15) is 0 Å². The zero-order valence-electron chi connectivity index (χ0n) is 7.46. The zero-order valence-corrected chi connectivity index (χ0v) is 8.97. The Hall–Kier alpha value is -0.990. The number of rotatable bonds is 2. The molecular weight excluding hydrogens is 223 g/mol. The first-order chi connectivity index (χ1) is 6.65. The number of esters is 1. The summed E-state index contributed by atoms with van der Waals surface area (Å²) in [6.07, 6.45) is 2.80. The molecule has 1 rings (SSSR count). The van der Waals surface area contributed by atoms with E-state index in [9.17, 15) is 4.79 Å². The molecule has 0 aliphatic rings. The number of methoxy groups -OCH3 is 1. The lowest BCUT2D eigenvalue weighted by molar-refractivity contribution is -0.134. The smallest absolute Gasteiger partial charge is 0.330 e. The molecule has 1 aromatic carbocycles. The fourth-order valence-electron chi connectivity index (χ4n) is 0.889. The maximum atomic E-state index is 10.8. The summed E-state index contributed by atoms with van der Waals surface area (Å²) in [6.45, 7) is 0. The first kappa shape index (κ1) is 11.1. The number of halogens is 2. The van der Waals surface area contributed by atoms with Crippen molar-refractivity contribution < 1.29 is 9.53 Å². The lowest BCUT2D eigenvalue weighted by atomic mass is 10.2. The van der Waals surface area contributed by atoms with E-state index in [0.29, 0.717) is 15.6 Å². The van der Waals surface area contributed by atoms with Crippen LogP contribution in [0, 0.1) is 0 Å². The van der Waals surface area contributed by atoms with Crippen molar-refractivity contribution >= 4 is 35.2 Å². The highest BCUT2D eigenvalue weighted by atomic mass is 35.5. The number of ether oxygens (including phenoxy) is 1. The van der Waals surface area contributed by atoms with Crippen molar-refractivity contribution in [2.45, 2.75) is 0 Å². The van der Waals surface area contributed by atoms with Gasteiger partial charge in [0, 0.05) is 21.7 Å². The maximum absolute atomic E-state index is 10.8. The van der Waals surface area contributed by atoms with Crippen molar-refractivity contribution in [2.75, 3.05) is 7.11 Å². The Bertz CT molecular complexity index is 352. The quantitative estimate of drug-likeness (QED) is 0.577. The number of hydrogen-bond acceptors (Lipinski definition) is 2. The summed E-state index contributed by atoms with van der Waals surface area (Å²) in [5, 5.41) is 0.996. The van der Waals surface area contributed by atoms with E-state index >= 15 is 0 Å². The molecule has 0 N–H and O–H groups in total. The van der Waals surface area contributed by atoms with E-state index in [1.54, 1.807) is 18.2 Å². The lowest BCUT2D eigenvalue weighted by Crippen LogP contribution is -1.93. The summed E-state index contributed by atoms with van der Waals surface area (Å²) in [5.41, 5.74) is 0.612. The van der Waals surface area contributed by atoms with Gasteiger partial charge in [-0.3, -0.25) is 0 Å². The van der Waals surface area contributed by atoms with Gasteiger partial charge in [-0.2, -0.15) is 0 Å². The summed E-state index contributed by atoms with van der Waals surface area (Å²) in [7, 11) is 1.31. The molecule has 0 radical (unpaired) electrons. The normalized spacial score (nSPS) is 10.5. The van der Waals surface area contributed by atoms with Gasteiger partial charge >= 0.3 is 5.97 Å². The number of hydrogen-bond donors (Lipinski definition) is 0. The molecule has 0 unspecified atom stereocenters. The average Bonchev–Trinajstić information content (AvgIpc) is 2.16. The van der Waals surface area contributed by atoms with Crippen LogP contribution in [-0.2, 0) is 9.53 Å². The molecule has 14 heavy (non-hydrogen) atoms. The van der Waals surface area contributed by atoms with E-state index < -0.39 is 5.97 Å². The third-order valence-corrected chi connectivity index (χ3v) is 2.25. The first-order valence-electron chi connectivity index (χ1n) is 3.85. The van der Waals surface area contributed by atoms with Crippen LogP contribution in [0.15, 0.2) is 24.3 Å². The molecular formula is C10H8Cl2O2. The van der Waals surface area contributed by atoms with Crippen LogP contribution in [-0.4, -0.2) is 13.1 Å². The second-order valence-corrected chi connectivity index (χ2v) is 3.31. The molecule has 0 saturated carbocycles. The largest absolute Gasteiger partial charge is 0.466 e. The predicted octanol–water partition coefficient (Wildman–Crippen LogP) is 3.18. The molecule has 2 nitrogen and oxygen atoms in total. The second kappa shape index (κ2) is 5.03. The van der Waals surface area contributed by atoms with Gasteiger partial charge in [-0.15, -0.1) is 0 Å². The Morgan fingerprint density at radius 3 is 2.43 bits per heavy atom. The van der Waals surface area contributed by atoms with Gasteiger partial charge in [0.2, 0.25) is 0 Å². The summed E-state index contributed by atoms with van der Waals surface area (Å²) in [4.78, 5) is 10.8. The molecule has 1 aromatic rings. The predicted molar refractivity (Wildman–Crippen MR) is 57.5 cm³/mol. The monoisotopic (exact) mass is 230 g/mol. The highest BCUT2D eigenvalue weighted by Crippen LogP contribution is 2.25. The van der Waals surface area contributed by atoms with Crippen molar-refractivity contribution in [3.8, 4) is 0 Å². The van der Waals surface area contributed by atoms with Crippen LogP contribution in [0.5, 0.6) is 0 Å². The second-order valence-electron chi connectivity index (χ2n) is 2.49. The van der Waals surface area contributed by atoms with Crippen molar-refractivity contribution in [1.82, 2.24) is 0 Å². The fourth-order valence-corrected chi connectivity index (χ4v) is 1.41. The SMILES string of the molecule is COC(=O)/C=C\c1c(Cl)cccc1Cl. The van der Waals surface area contributed by atoms with Crippen LogP contribution in [0.3, 0.4) is 0 Å². The van der Waals surface area contributed by atoms with E-state index in [1.807, 2.05) is 0 Å². The molecule has 0 saturated heterocycles. The van der Waals surface area contributed by atoms with Crippen molar-refractivity contribution in [3.05, 3.63) is 39.9 Å². The van der Waals surface area contributed by atoms with Gasteiger partial charge in [-0.25, -0.2) is 4.79 Å². The first-order valence-corrected chi connectivity index (χ1v) is 4.61. The third kappa shape index (κ3) is 2.76. The Balaban J connectivity index is 2.96. The zero-order chi connectivity index (χ0) is 10.6. The van der Waals surface area contributed by atoms with Crippen LogP contribution in [0.4, 0.5) is 0 Å². The minimum absolute atomic E-state index is 0.444. The Morgan fingerprint density at radius 2 is 1.93 bits per heavy atom. The van der Waals surface area contributed by atoms with E-state index in [-0.39, 0.29) is 0 Å². The van der Waals surface area contributed by atoms with Crippen LogP contribution in [0.25, 0.3) is 6.08 Å². The number of carbonyl (C=O) groups is 1. The summed E-state index contributed by atoms with van der Waals surface area (Å²) in [6, 6.07) is 5.13.